The van der Waals surface area contributed by atoms with Crippen molar-refractivity contribution < 1.29 is 4.74 Å². The van der Waals surface area contributed by atoms with E-state index in [9.17, 15) is 0 Å². The Morgan fingerprint density at radius 2 is 2.47 bits per heavy atom. The van der Waals surface area contributed by atoms with E-state index in [-0.39, 0.29) is 0 Å². The van der Waals surface area contributed by atoms with Gasteiger partial charge < -0.3 is 10.1 Å². The summed E-state index contributed by atoms with van der Waals surface area (Å²) in [5, 5.41) is 6.90. The molecule has 3 nitrogen and oxygen atoms in total. The van der Waals surface area contributed by atoms with Crippen molar-refractivity contribution >= 4 is 11.3 Å². The molecule has 0 radical (unpaired) electrons. The topological polar surface area (TPSA) is 34.1 Å². The van der Waals surface area contributed by atoms with Crippen molar-refractivity contribution in [2.45, 2.75) is 57.3 Å². The lowest BCUT2D eigenvalue weighted by atomic mass is 9.90. The van der Waals surface area contributed by atoms with Gasteiger partial charge in [0, 0.05) is 17.8 Å². The van der Waals surface area contributed by atoms with Crippen LogP contribution in [0.3, 0.4) is 0 Å². The van der Waals surface area contributed by atoms with E-state index in [1.807, 2.05) is 11.3 Å². The standard InChI is InChI=1S/C13H20N2OS/c1-2-5-14-7-9-8-17-13(15-9)11-6-10-3-4-12(11)16-10/h8,10-12,14H,2-7H2,1H3. The second-order valence-electron chi connectivity index (χ2n) is 5.07. The lowest BCUT2D eigenvalue weighted by Gasteiger charge is -2.15. The number of fused-ring (bicyclic) bond motifs is 2. The number of nitrogens with one attached hydrogen (secondary N) is 1. The van der Waals surface area contributed by atoms with Gasteiger partial charge in [-0.2, -0.15) is 0 Å². The van der Waals surface area contributed by atoms with E-state index in [0.29, 0.717) is 18.1 Å². The SMILES string of the molecule is CCCNCc1csc(C2CC3CCC2O3)n1. The van der Waals surface area contributed by atoms with Crippen molar-refractivity contribution in [3.63, 3.8) is 0 Å². The summed E-state index contributed by atoms with van der Waals surface area (Å²) in [6.45, 7) is 4.17. The number of rotatable bonds is 5. The fourth-order valence-corrected chi connectivity index (χ4v) is 3.85. The largest absolute Gasteiger partial charge is 0.374 e. The first-order chi connectivity index (χ1) is 8.36. The fraction of sp³-hybridized carbons (Fsp3) is 0.769. The molecular weight excluding hydrogens is 232 g/mol. The molecule has 2 bridgehead atoms. The maximum atomic E-state index is 5.90. The third-order valence-electron chi connectivity index (χ3n) is 3.73. The number of thiazole rings is 1. The highest BCUT2D eigenvalue weighted by Crippen LogP contribution is 2.45. The van der Waals surface area contributed by atoms with Crippen LogP contribution in [0.5, 0.6) is 0 Å². The molecule has 3 heterocycles. The molecule has 0 spiro atoms. The maximum Gasteiger partial charge on any atom is 0.0986 e. The Hall–Kier alpha value is -0.450. The quantitative estimate of drug-likeness (QED) is 0.818. The van der Waals surface area contributed by atoms with Crippen molar-refractivity contribution in [2.24, 2.45) is 0 Å². The smallest absolute Gasteiger partial charge is 0.0986 e. The predicted molar refractivity (Wildman–Crippen MR) is 69.4 cm³/mol. The zero-order valence-electron chi connectivity index (χ0n) is 10.3. The van der Waals surface area contributed by atoms with Crippen molar-refractivity contribution in [1.82, 2.24) is 10.3 Å². The molecular formula is C13H20N2OS. The number of nitrogens with zero attached hydrogens (tertiary/aromatic N) is 1. The molecule has 1 N–H and O–H groups in total. The van der Waals surface area contributed by atoms with Crippen LogP contribution in [0.25, 0.3) is 0 Å². The van der Waals surface area contributed by atoms with Gasteiger partial charge in [-0.05, 0) is 32.2 Å². The van der Waals surface area contributed by atoms with Crippen molar-refractivity contribution in [3.05, 3.63) is 16.1 Å². The molecule has 4 heteroatoms. The van der Waals surface area contributed by atoms with Gasteiger partial charge >= 0.3 is 0 Å². The second kappa shape index (κ2) is 5.04. The normalized spacial score (nSPS) is 31.2. The fourth-order valence-electron chi connectivity index (χ4n) is 2.87. The van der Waals surface area contributed by atoms with Crippen LogP contribution in [-0.2, 0) is 11.3 Å². The van der Waals surface area contributed by atoms with Crippen LogP contribution in [0, 0.1) is 0 Å². The van der Waals surface area contributed by atoms with Gasteiger partial charge in [-0.3, -0.25) is 0 Å². The second-order valence-corrected chi connectivity index (χ2v) is 5.96. The third kappa shape index (κ3) is 2.39. The van der Waals surface area contributed by atoms with Crippen molar-refractivity contribution in [3.8, 4) is 0 Å². The van der Waals surface area contributed by atoms with Crippen LogP contribution in [0.1, 0.15) is 49.2 Å². The first-order valence-electron chi connectivity index (χ1n) is 6.67. The molecule has 0 aromatic carbocycles. The molecule has 2 aliphatic rings. The van der Waals surface area contributed by atoms with Crippen LogP contribution in [-0.4, -0.2) is 23.7 Å². The summed E-state index contributed by atoms with van der Waals surface area (Å²) in [5.41, 5.74) is 1.20. The molecule has 0 saturated carbocycles. The number of hydrogen-bond donors (Lipinski definition) is 1. The molecule has 0 aliphatic carbocycles. The Bertz CT molecular complexity index is 379. The number of hydrogen-bond acceptors (Lipinski definition) is 4. The molecule has 3 atom stereocenters. The Kier molecular flexibility index (Phi) is 3.45. The minimum atomic E-state index is 0.461. The molecule has 1 aromatic heterocycles. The Morgan fingerprint density at radius 3 is 3.18 bits per heavy atom. The minimum absolute atomic E-state index is 0.461. The van der Waals surface area contributed by atoms with Crippen LogP contribution in [0.2, 0.25) is 0 Å². The van der Waals surface area contributed by atoms with E-state index >= 15 is 0 Å². The summed E-state index contributed by atoms with van der Waals surface area (Å²) in [6, 6.07) is 0. The van der Waals surface area contributed by atoms with Gasteiger partial charge in [-0.1, -0.05) is 6.92 Å². The van der Waals surface area contributed by atoms with Gasteiger partial charge in [-0.25, -0.2) is 4.98 Å². The lowest BCUT2D eigenvalue weighted by Crippen LogP contribution is -2.16. The number of ether oxygens (including phenoxy) is 1. The summed E-state index contributed by atoms with van der Waals surface area (Å²) in [4.78, 5) is 4.76. The summed E-state index contributed by atoms with van der Waals surface area (Å²) in [7, 11) is 0. The van der Waals surface area contributed by atoms with E-state index < -0.39 is 0 Å². The van der Waals surface area contributed by atoms with Crippen molar-refractivity contribution in [1.29, 1.82) is 0 Å². The Morgan fingerprint density at radius 1 is 1.53 bits per heavy atom. The van der Waals surface area contributed by atoms with E-state index in [0.717, 1.165) is 13.1 Å². The summed E-state index contributed by atoms with van der Waals surface area (Å²) < 4.78 is 5.90. The summed E-state index contributed by atoms with van der Waals surface area (Å²) in [5.74, 6) is 0.582. The van der Waals surface area contributed by atoms with Crippen LogP contribution < -0.4 is 5.32 Å². The summed E-state index contributed by atoms with van der Waals surface area (Å²) >= 11 is 1.81. The highest BCUT2D eigenvalue weighted by atomic mass is 32.1. The first kappa shape index (κ1) is 11.6. The van der Waals surface area contributed by atoms with Crippen LogP contribution >= 0.6 is 11.3 Å². The van der Waals surface area contributed by atoms with E-state index in [2.05, 4.69) is 17.6 Å². The van der Waals surface area contributed by atoms with E-state index in [1.54, 1.807) is 0 Å². The molecule has 2 saturated heterocycles. The highest BCUT2D eigenvalue weighted by Gasteiger charge is 2.42. The Balaban J connectivity index is 1.60. The van der Waals surface area contributed by atoms with Gasteiger partial charge in [0.05, 0.1) is 22.9 Å². The highest BCUT2D eigenvalue weighted by molar-refractivity contribution is 7.09. The van der Waals surface area contributed by atoms with Crippen molar-refractivity contribution in [2.75, 3.05) is 6.54 Å². The van der Waals surface area contributed by atoms with Gasteiger partial charge in [0.2, 0.25) is 0 Å². The molecule has 1 aromatic rings. The number of aromatic nitrogens is 1. The molecule has 0 amide bonds. The van der Waals surface area contributed by atoms with Gasteiger partial charge in [-0.15, -0.1) is 11.3 Å². The Labute approximate surface area is 107 Å². The maximum absolute atomic E-state index is 5.90. The first-order valence-corrected chi connectivity index (χ1v) is 7.55. The molecule has 17 heavy (non-hydrogen) atoms. The zero-order valence-corrected chi connectivity index (χ0v) is 11.1. The predicted octanol–water partition coefficient (Wildman–Crippen LogP) is 2.68. The van der Waals surface area contributed by atoms with Gasteiger partial charge in [0.25, 0.3) is 0 Å². The molecule has 3 unspecified atom stereocenters. The lowest BCUT2D eigenvalue weighted by molar-refractivity contribution is 0.100. The minimum Gasteiger partial charge on any atom is -0.374 e. The van der Waals surface area contributed by atoms with E-state index in [1.165, 1.54) is 36.4 Å². The molecule has 2 aliphatic heterocycles. The van der Waals surface area contributed by atoms with E-state index in [4.69, 9.17) is 9.72 Å². The van der Waals surface area contributed by atoms with Crippen LogP contribution in [0.4, 0.5) is 0 Å². The third-order valence-corrected chi connectivity index (χ3v) is 4.75. The molecule has 94 valence electrons. The van der Waals surface area contributed by atoms with Gasteiger partial charge in [0.15, 0.2) is 0 Å². The summed E-state index contributed by atoms with van der Waals surface area (Å²) in [6.07, 6.45) is 5.85. The molecule has 2 fully saturated rings. The van der Waals surface area contributed by atoms with Gasteiger partial charge in [0.1, 0.15) is 0 Å². The zero-order chi connectivity index (χ0) is 11.7. The average molecular weight is 252 g/mol. The monoisotopic (exact) mass is 252 g/mol. The molecule has 3 rings (SSSR count). The average Bonchev–Trinajstić information content (AvgIpc) is 3.04. The van der Waals surface area contributed by atoms with Crippen LogP contribution in [0.15, 0.2) is 5.38 Å².